The minimum absolute atomic E-state index is 0. The van der Waals surface area contributed by atoms with Gasteiger partial charge >= 0.3 is 0 Å². The maximum atomic E-state index is 12.3. The average Bonchev–Trinajstić information content (AvgIpc) is 2.73. The van der Waals surface area contributed by atoms with Crippen LogP contribution >= 0.6 is 12.4 Å². The third kappa shape index (κ3) is 2.51. The molecule has 0 spiro atoms. The summed E-state index contributed by atoms with van der Waals surface area (Å²) >= 11 is 0. The van der Waals surface area contributed by atoms with Crippen molar-refractivity contribution < 1.29 is 13.2 Å². The van der Waals surface area contributed by atoms with Crippen LogP contribution in [0.1, 0.15) is 13.8 Å². The Balaban J connectivity index is 0.00000162. The molecule has 2 heterocycles. The maximum absolute atomic E-state index is 12.3. The number of rotatable bonds is 2. The van der Waals surface area contributed by atoms with Crippen molar-refractivity contribution in [2.24, 2.45) is 11.8 Å². The highest BCUT2D eigenvalue weighted by atomic mass is 35.5. The number of nitrogens with zero attached hydrogens (tertiary/aromatic N) is 1. The fourth-order valence-electron chi connectivity index (χ4n) is 2.56. The maximum Gasteiger partial charge on any atom is 0.243 e. The lowest BCUT2D eigenvalue weighted by Crippen LogP contribution is -2.49. The Kier molecular flexibility index (Phi) is 4.35. The summed E-state index contributed by atoms with van der Waals surface area (Å²) in [6.07, 6.45) is 1.13. The van der Waals surface area contributed by atoms with Gasteiger partial charge in [-0.2, -0.15) is 0 Å². The third-order valence-corrected chi connectivity index (χ3v) is 6.15. The van der Waals surface area contributed by atoms with Gasteiger partial charge in [-0.15, -0.1) is 12.4 Å². The molecule has 2 saturated heterocycles. The van der Waals surface area contributed by atoms with Gasteiger partial charge in [-0.25, -0.2) is 8.42 Å². The van der Waals surface area contributed by atoms with E-state index in [1.165, 1.54) is 13.8 Å². The lowest BCUT2D eigenvalue weighted by Gasteiger charge is -2.28. The quantitative estimate of drug-likeness (QED) is 0.773. The van der Waals surface area contributed by atoms with Crippen molar-refractivity contribution in [2.45, 2.75) is 18.6 Å². The van der Waals surface area contributed by atoms with E-state index in [2.05, 4.69) is 5.32 Å². The second-order valence-corrected chi connectivity index (χ2v) is 8.24. The molecule has 1 amide bonds. The van der Waals surface area contributed by atoms with Crippen molar-refractivity contribution >= 4 is 28.2 Å². The minimum Gasteiger partial charge on any atom is -0.341 e. The Morgan fingerprint density at radius 2 is 1.67 bits per heavy atom. The van der Waals surface area contributed by atoms with E-state index in [-0.39, 0.29) is 18.3 Å². The fraction of sp³-hybridized carbons (Fsp3) is 0.909. The van der Waals surface area contributed by atoms with E-state index in [9.17, 15) is 13.2 Å². The summed E-state index contributed by atoms with van der Waals surface area (Å²) in [6.45, 7) is 6.25. The van der Waals surface area contributed by atoms with Crippen molar-refractivity contribution in [3.8, 4) is 0 Å². The molecule has 0 aromatic carbocycles. The summed E-state index contributed by atoms with van der Waals surface area (Å²) in [5.74, 6) is 0.734. The van der Waals surface area contributed by atoms with E-state index >= 15 is 0 Å². The summed E-state index contributed by atoms with van der Waals surface area (Å²) in [7, 11) is -3.37. The van der Waals surface area contributed by atoms with Crippen LogP contribution in [0, 0.1) is 11.8 Å². The van der Waals surface area contributed by atoms with Gasteiger partial charge in [0.1, 0.15) is 4.75 Å². The normalized spacial score (nSPS) is 27.8. The monoisotopic (exact) mass is 296 g/mol. The molecule has 2 atom stereocenters. The summed E-state index contributed by atoms with van der Waals surface area (Å²) in [5.41, 5.74) is 0. The predicted molar refractivity (Wildman–Crippen MR) is 72.6 cm³/mol. The average molecular weight is 297 g/mol. The number of carbonyl (C=O) groups excluding carboxylic acids is 1. The van der Waals surface area contributed by atoms with Crippen molar-refractivity contribution in [1.29, 1.82) is 0 Å². The lowest BCUT2D eigenvalue weighted by molar-refractivity contribution is -0.132. The van der Waals surface area contributed by atoms with Crippen molar-refractivity contribution in [2.75, 3.05) is 32.4 Å². The van der Waals surface area contributed by atoms with Gasteiger partial charge in [0, 0.05) is 32.4 Å². The second kappa shape index (κ2) is 4.98. The van der Waals surface area contributed by atoms with Gasteiger partial charge in [0.05, 0.1) is 0 Å². The van der Waals surface area contributed by atoms with Gasteiger partial charge in [-0.05, 0) is 25.7 Å². The highest BCUT2D eigenvalue weighted by molar-refractivity contribution is 7.92. The number of hydrogen-bond acceptors (Lipinski definition) is 4. The zero-order valence-electron chi connectivity index (χ0n) is 11.0. The van der Waals surface area contributed by atoms with Gasteiger partial charge in [0.15, 0.2) is 9.84 Å². The van der Waals surface area contributed by atoms with E-state index in [1.54, 1.807) is 4.90 Å². The second-order valence-electron chi connectivity index (χ2n) is 5.67. The molecule has 0 aliphatic carbocycles. The minimum atomic E-state index is -3.37. The van der Waals surface area contributed by atoms with Crippen LogP contribution < -0.4 is 5.32 Å². The highest BCUT2D eigenvalue weighted by Gasteiger charge is 2.46. The number of hydrogen-bond donors (Lipinski definition) is 1. The molecule has 18 heavy (non-hydrogen) atoms. The number of amides is 1. The number of sulfone groups is 1. The number of halogens is 1. The van der Waals surface area contributed by atoms with Crippen LogP contribution in [0.25, 0.3) is 0 Å². The third-order valence-electron chi connectivity index (χ3n) is 4.12. The van der Waals surface area contributed by atoms with Crippen LogP contribution in [0.4, 0.5) is 0 Å². The lowest BCUT2D eigenvalue weighted by atomic mass is 10.0. The summed E-state index contributed by atoms with van der Waals surface area (Å²) in [4.78, 5) is 14.0. The summed E-state index contributed by atoms with van der Waals surface area (Å²) < 4.78 is 22.0. The van der Waals surface area contributed by atoms with Crippen molar-refractivity contribution in [3.63, 3.8) is 0 Å². The molecule has 2 aliphatic rings. The van der Waals surface area contributed by atoms with Crippen LogP contribution in [-0.2, 0) is 14.6 Å². The molecule has 2 aliphatic heterocycles. The number of likely N-dealkylation sites (tertiary alicyclic amines) is 1. The zero-order chi connectivity index (χ0) is 12.8. The van der Waals surface area contributed by atoms with Crippen LogP contribution in [-0.4, -0.2) is 56.4 Å². The first kappa shape index (κ1) is 15.7. The Labute approximate surface area is 115 Å². The molecule has 1 N–H and O–H groups in total. The van der Waals surface area contributed by atoms with E-state index < -0.39 is 14.6 Å². The molecule has 0 saturated carbocycles. The van der Waals surface area contributed by atoms with E-state index in [1.807, 2.05) is 0 Å². The topological polar surface area (TPSA) is 66.5 Å². The van der Waals surface area contributed by atoms with E-state index in [0.717, 1.165) is 19.3 Å². The molecule has 2 fully saturated rings. The first-order valence-electron chi connectivity index (χ1n) is 5.93. The number of nitrogens with one attached hydrogen (secondary N) is 1. The van der Waals surface area contributed by atoms with Crippen LogP contribution in [0.2, 0.25) is 0 Å². The van der Waals surface area contributed by atoms with E-state index in [4.69, 9.17) is 0 Å². The Morgan fingerprint density at radius 3 is 2.06 bits per heavy atom. The molecule has 0 unspecified atom stereocenters. The molecule has 5 nitrogen and oxygen atoms in total. The molecule has 2 rings (SSSR count). The number of carbonyl (C=O) groups is 1. The van der Waals surface area contributed by atoms with Gasteiger partial charge < -0.3 is 10.2 Å². The molecular formula is C11H21ClN2O3S. The van der Waals surface area contributed by atoms with Crippen molar-refractivity contribution in [3.05, 3.63) is 0 Å². The zero-order valence-corrected chi connectivity index (χ0v) is 12.6. The van der Waals surface area contributed by atoms with Gasteiger partial charge in [0.25, 0.3) is 0 Å². The molecule has 0 bridgehead atoms. The first-order valence-corrected chi connectivity index (χ1v) is 7.82. The molecule has 0 aromatic heterocycles. The summed E-state index contributed by atoms with van der Waals surface area (Å²) in [5, 5.41) is 3.30. The highest BCUT2D eigenvalue weighted by Crippen LogP contribution is 2.29. The molecule has 0 aromatic rings. The van der Waals surface area contributed by atoms with Gasteiger partial charge in [-0.3, -0.25) is 4.79 Å². The van der Waals surface area contributed by atoms with Crippen molar-refractivity contribution in [1.82, 2.24) is 10.2 Å². The molecular weight excluding hydrogens is 276 g/mol. The van der Waals surface area contributed by atoms with Crippen LogP contribution in [0.15, 0.2) is 0 Å². The van der Waals surface area contributed by atoms with Crippen LogP contribution in [0.5, 0.6) is 0 Å². The van der Waals surface area contributed by atoms with Gasteiger partial charge in [-0.1, -0.05) is 0 Å². The first-order chi connectivity index (χ1) is 7.73. The Morgan fingerprint density at radius 1 is 1.22 bits per heavy atom. The van der Waals surface area contributed by atoms with Crippen LogP contribution in [0.3, 0.4) is 0 Å². The molecule has 7 heteroatoms. The SMILES string of the molecule is CC(C)(C(=O)N1C[C@H]2CNC[C@H]2C1)S(C)(=O)=O.Cl. The predicted octanol–water partition coefficient (Wildman–Crippen LogP) is -0.0908. The Hall–Kier alpha value is -0.330. The standard InChI is InChI=1S/C11H20N2O3S.ClH/c1-11(2,17(3,15)16)10(14)13-6-8-4-12-5-9(8)7-13;/h8-9,12H,4-7H2,1-3H3;1H/t8-,9+;. The fourth-order valence-corrected chi connectivity index (χ4v) is 3.01. The Bertz CT molecular complexity index is 424. The largest absolute Gasteiger partial charge is 0.341 e. The molecule has 106 valence electrons. The number of fused-ring (bicyclic) bond motifs is 1. The smallest absolute Gasteiger partial charge is 0.243 e. The van der Waals surface area contributed by atoms with E-state index in [0.29, 0.717) is 24.9 Å². The summed E-state index contributed by atoms with van der Waals surface area (Å²) in [6, 6.07) is 0. The van der Waals surface area contributed by atoms with Gasteiger partial charge in [0.2, 0.25) is 5.91 Å². The molecule has 0 radical (unpaired) electrons.